The number of nitrogens with one attached hydrogen (secondary N) is 2. The topological polar surface area (TPSA) is 59.1 Å². The molecule has 1 saturated heterocycles. The fourth-order valence-electron chi connectivity index (χ4n) is 1.78. The van der Waals surface area contributed by atoms with Crippen molar-refractivity contribution < 1.29 is 9.13 Å². The highest BCUT2D eigenvalue weighted by molar-refractivity contribution is 5.38. The molecule has 0 aromatic carbocycles. The van der Waals surface area contributed by atoms with E-state index < -0.39 is 5.82 Å². The van der Waals surface area contributed by atoms with E-state index in [0.717, 1.165) is 13.1 Å². The highest BCUT2D eigenvalue weighted by Crippen LogP contribution is 2.15. The van der Waals surface area contributed by atoms with Crippen LogP contribution in [-0.4, -0.2) is 42.3 Å². The summed E-state index contributed by atoms with van der Waals surface area (Å²) >= 11 is 0. The molecule has 0 radical (unpaired) electrons. The summed E-state index contributed by atoms with van der Waals surface area (Å²) in [7, 11) is 1.65. The van der Waals surface area contributed by atoms with Gasteiger partial charge in [0.15, 0.2) is 11.6 Å². The van der Waals surface area contributed by atoms with Gasteiger partial charge in [-0.2, -0.15) is 0 Å². The Labute approximate surface area is 93.4 Å². The summed E-state index contributed by atoms with van der Waals surface area (Å²) < 4.78 is 18.9. The van der Waals surface area contributed by atoms with Gasteiger partial charge in [0.1, 0.15) is 6.33 Å². The second-order valence-corrected chi connectivity index (χ2v) is 3.80. The molecule has 0 amide bonds. The zero-order valence-electron chi connectivity index (χ0n) is 9.33. The lowest BCUT2D eigenvalue weighted by Gasteiger charge is -2.19. The van der Waals surface area contributed by atoms with Crippen molar-refractivity contribution in [1.82, 2.24) is 15.3 Å². The molecule has 1 unspecified atom stereocenters. The standard InChI is InChI=1S/C10H15FN4O/c1-6-9(11)10(14-5-13-6)15-7-3-12-4-8(7)16-2/h5,7-8,12H,3-4H2,1-2H3,(H,13,14,15)/t7?,8-/m0/s1. The molecule has 0 bridgehead atoms. The van der Waals surface area contributed by atoms with Gasteiger partial charge < -0.3 is 15.4 Å². The van der Waals surface area contributed by atoms with E-state index in [-0.39, 0.29) is 18.0 Å². The molecule has 0 aliphatic carbocycles. The van der Waals surface area contributed by atoms with Crippen LogP contribution in [-0.2, 0) is 4.74 Å². The number of methoxy groups -OCH3 is 1. The van der Waals surface area contributed by atoms with Gasteiger partial charge in [-0.25, -0.2) is 14.4 Å². The third kappa shape index (κ3) is 2.12. The summed E-state index contributed by atoms with van der Waals surface area (Å²) in [6, 6.07) is 0.0359. The van der Waals surface area contributed by atoms with Crippen molar-refractivity contribution in [2.45, 2.75) is 19.1 Å². The number of rotatable bonds is 3. The predicted molar refractivity (Wildman–Crippen MR) is 57.8 cm³/mol. The summed E-state index contributed by atoms with van der Waals surface area (Å²) in [6.07, 6.45) is 1.39. The van der Waals surface area contributed by atoms with Crippen LogP contribution >= 0.6 is 0 Å². The summed E-state index contributed by atoms with van der Waals surface area (Å²) in [5, 5.41) is 6.21. The molecule has 1 aromatic rings. The molecule has 6 heteroatoms. The van der Waals surface area contributed by atoms with Gasteiger partial charge >= 0.3 is 0 Å². The second kappa shape index (κ2) is 4.71. The molecule has 1 aliphatic rings. The Morgan fingerprint density at radius 3 is 3.06 bits per heavy atom. The van der Waals surface area contributed by atoms with Gasteiger partial charge in [0, 0.05) is 20.2 Å². The molecule has 1 fully saturated rings. The lowest BCUT2D eigenvalue weighted by molar-refractivity contribution is 0.111. The molecule has 1 aliphatic heterocycles. The number of hydrogen-bond donors (Lipinski definition) is 2. The maximum Gasteiger partial charge on any atom is 0.186 e. The Morgan fingerprint density at radius 1 is 1.50 bits per heavy atom. The molecule has 0 spiro atoms. The van der Waals surface area contributed by atoms with E-state index in [2.05, 4.69) is 20.6 Å². The van der Waals surface area contributed by atoms with Crippen LogP contribution in [0.4, 0.5) is 10.2 Å². The minimum atomic E-state index is -0.399. The van der Waals surface area contributed by atoms with Crippen molar-refractivity contribution in [3.8, 4) is 0 Å². The van der Waals surface area contributed by atoms with Gasteiger partial charge in [0.25, 0.3) is 0 Å². The number of nitrogens with zero attached hydrogens (tertiary/aromatic N) is 2. The Balaban J connectivity index is 2.11. The average Bonchev–Trinajstić information content (AvgIpc) is 2.72. The number of aryl methyl sites for hydroxylation is 1. The van der Waals surface area contributed by atoms with Crippen molar-refractivity contribution in [2.75, 3.05) is 25.5 Å². The van der Waals surface area contributed by atoms with Gasteiger partial charge in [-0.05, 0) is 6.92 Å². The van der Waals surface area contributed by atoms with Gasteiger partial charge in [-0.1, -0.05) is 0 Å². The highest BCUT2D eigenvalue weighted by atomic mass is 19.1. The Morgan fingerprint density at radius 2 is 2.31 bits per heavy atom. The van der Waals surface area contributed by atoms with E-state index in [4.69, 9.17) is 4.74 Å². The number of hydrogen-bond acceptors (Lipinski definition) is 5. The van der Waals surface area contributed by atoms with Crippen LogP contribution in [0.3, 0.4) is 0 Å². The number of aromatic nitrogens is 2. The lowest BCUT2D eigenvalue weighted by Crippen LogP contribution is -2.34. The predicted octanol–water partition coefficient (Wildman–Crippen LogP) is 0.323. The zero-order chi connectivity index (χ0) is 11.5. The van der Waals surface area contributed by atoms with Crippen LogP contribution in [0.1, 0.15) is 5.69 Å². The summed E-state index contributed by atoms with van der Waals surface area (Å²) in [4.78, 5) is 7.67. The Hall–Kier alpha value is -1.27. The minimum absolute atomic E-state index is 0.0359. The van der Waals surface area contributed by atoms with Crippen LogP contribution in [0.5, 0.6) is 0 Å². The lowest BCUT2D eigenvalue weighted by atomic mass is 10.2. The third-order valence-electron chi connectivity index (χ3n) is 2.75. The zero-order valence-corrected chi connectivity index (χ0v) is 9.33. The fraction of sp³-hybridized carbons (Fsp3) is 0.600. The van der Waals surface area contributed by atoms with Crippen LogP contribution in [0.15, 0.2) is 6.33 Å². The molecule has 2 heterocycles. The molecule has 2 N–H and O–H groups in total. The van der Waals surface area contributed by atoms with Crippen LogP contribution in [0.2, 0.25) is 0 Å². The third-order valence-corrected chi connectivity index (χ3v) is 2.75. The van der Waals surface area contributed by atoms with Gasteiger partial charge in [-0.3, -0.25) is 0 Å². The molecule has 0 saturated carbocycles. The summed E-state index contributed by atoms with van der Waals surface area (Å²) in [6.45, 7) is 3.11. The van der Waals surface area contributed by atoms with Crippen molar-refractivity contribution in [1.29, 1.82) is 0 Å². The summed E-state index contributed by atoms with van der Waals surface area (Å²) in [5.74, 6) is -0.160. The van der Waals surface area contributed by atoms with Crippen LogP contribution < -0.4 is 10.6 Å². The number of anilines is 1. The second-order valence-electron chi connectivity index (χ2n) is 3.80. The van der Waals surface area contributed by atoms with Gasteiger partial charge in [0.2, 0.25) is 0 Å². The van der Waals surface area contributed by atoms with Crippen molar-refractivity contribution in [3.05, 3.63) is 17.8 Å². The maximum atomic E-state index is 13.6. The first-order valence-electron chi connectivity index (χ1n) is 5.19. The van der Waals surface area contributed by atoms with Crippen LogP contribution in [0.25, 0.3) is 0 Å². The van der Waals surface area contributed by atoms with Crippen molar-refractivity contribution in [3.63, 3.8) is 0 Å². The van der Waals surface area contributed by atoms with E-state index in [0.29, 0.717) is 5.69 Å². The molecule has 2 atom stereocenters. The van der Waals surface area contributed by atoms with Crippen LogP contribution in [0, 0.1) is 12.7 Å². The first-order valence-corrected chi connectivity index (χ1v) is 5.19. The summed E-state index contributed by atoms with van der Waals surface area (Å²) in [5.41, 5.74) is 0.345. The van der Waals surface area contributed by atoms with Crippen molar-refractivity contribution >= 4 is 5.82 Å². The maximum absolute atomic E-state index is 13.6. The van der Waals surface area contributed by atoms with E-state index in [9.17, 15) is 4.39 Å². The normalized spacial score (nSPS) is 24.7. The van der Waals surface area contributed by atoms with Gasteiger partial charge in [-0.15, -0.1) is 0 Å². The number of halogens is 1. The van der Waals surface area contributed by atoms with Gasteiger partial charge in [0.05, 0.1) is 17.8 Å². The SMILES string of the molecule is CO[C@H]1CNCC1Nc1ncnc(C)c1F. The van der Waals surface area contributed by atoms with E-state index in [1.165, 1.54) is 6.33 Å². The van der Waals surface area contributed by atoms with E-state index in [1.807, 2.05) is 0 Å². The smallest absolute Gasteiger partial charge is 0.186 e. The fourth-order valence-corrected chi connectivity index (χ4v) is 1.78. The largest absolute Gasteiger partial charge is 0.378 e. The first kappa shape index (κ1) is 11.2. The van der Waals surface area contributed by atoms with E-state index in [1.54, 1.807) is 14.0 Å². The van der Waals surface area contributed by atoms with E-state index >= 15 is 0 Å². The molecule has 88 valence electrons. The molecule has 16 heavy (non-hydrogen) atoms. The molecule has 5 nitrogen and oxygen atoms in total. The quantitative estimate of drug-likeness (QED) is 0.777. The highest BCUT2D eigenvalue weighted by Gasteiger charge is 2.27. The molecular formula is C10H15FN4O. The molecule has 2 rings (SSSR count). The Kier molecular flexibility index (Phi) is 3.31. The number of ether oxygens (including phenoxy) is 1. The monoisotopic (exact) mass is 226 g/mol. The molecule has 1 aromatic heterocycles. The Bertz CT molecular complexity index is 374. The molecular weight excluding hydrogens is 211 g/mol. The first-order chi connectivity index (χ1) is 7.72. The average molecular weight is 226 g/mol. The minimum Gasteiger partial charge on any atom is -0.378 e. The van der Waals surface area contributed by atoms with Crippen molar-refractivity contribution in [2.24, 2.45) is 0 Å².